The Morgan fingerprint density at radius 1 is 1.33 bits per heavy atom. The van der Waals surface area contributed by atoms with Crippen molar-refractivity contribution >= 4 is 0 Å². The summed E-state index contributed by atoms with van der Waals surface area (Å²) in [5.41, 5.74) is 1.43. The maximum absolute atomic E-state index is 3.73. The molecule has 0 heterocycles. The lowest BCUT2D eigenvalue weighted by atomic mass is 9.96. The first-order valence-corrected chi connectivity index (χ1v) is 4.50. The molecular weight excluding hydrogens is 144 g/mol. The SMILES string of the molecule is C=CCCC(C)c1ccccc1. The third-order valence-electron chi connectivity index (χ3n) is 2.17. The normalized spacial score (nSPS) is 12.4. The minimum Gasteiger partial charge on any atom is -0.103 e. The van der Waals surface area contributed by atoms with Gasteiger partial charge in [0.25, 0.3) is 0 Å². The lowest BCUT2D eigenvalue weighted by Crippen LogP contribution is -1.91. The van der Waals surface area contributed by atoms with E-state index in [1.807, 2.05) is 6.08 Å². The summed E-state index contributed by atoms with van der Waals surface area (Å²) >= 11 is 0. The van der Waals surface area contributed by atoms with Crippen molar-refractivity contribution in [3.8, 4) is 0 Å². The van der Waals surface area contributed by atoms with Crippen molar-refractivity contribution in [3.05, 3.63) is 48.6 Å². The Labute approximate surface area is 74.9 Å². The average Bonchev–Trinajstić information content (AvgIpc) is 2.15. The molecule has 0 heteroatoms. The number of rotatable bonds is 4. The highest BCUT2D eigenvalue weighted by molar-refractivity contribution is 5.18. The van der Waals surface area contributed by atoms with E-state index in [4.69, 9.17) is 0 Å². The molecule has 0 radical (unpaired) electrons. The van der Waals surface area contributed by atoms with Crippen molar-refractivity contribution in [3.63, 3.8) is 0 Å². The molecule has 0 saturated heterocycles. The van der Waals surface area contributed by atoms with Crippen LogP contribution in [0.3, 0.4) is 0 Å². The molecule has 0 amide bonds. The van der Waals surface area contributed by atoms with Crippen molar-refractivity contribution in [1.29, 1.82) is 0 Å². The second kappa shape index (κ2) is 4.76. The van der Waals surface area contributed by atoms with E-state index in [1.54, 1.807) is 0 Å². The smallest absolute Gasteiger partial charge is 0.0187 e. The molecule has 64 valence electrons. The first-order chi connectivity index (χ1) is 5.84. The molecule has 0 aliphatic carbocycles. The van der Waals surface area contributed by atoms with Gasteiger partial charge in [0.2, 0.25) is 0 Å². The standard InChI is InChI=1S/C12H16/c1-3-4-8-11(2)12-9-6-5-7-10-12/h3,5-7,9-11H,1,4,8H2,2H3. The molecule has 0 aliphatic rings. The quantitative estimate of drug-likeness (QED) is 0.588. The van der Waals surface area contributed by atoms with Gasteiger partial charge >= 0.3 is 0 Å². The fourth-order valence-electron chi connectivity index (χ4n) is 1.32. The van der Waals surface area contributed by atoms with Crippen LogP contribution in [0.1, 0.15) is 31.2 Å². The maximum atomic E-state index is 3.73. The average molecular weight is 160 g/mol. The largest absolute Gasteiger partial charge is 0.103 e. The van der Waals surface area contributed by atoms with Gasteiger partial charge in [-0.3, -0.25) is 0 Å². The zero-order valence-corrected chi connectivity index (χ0v) is 7.66. The highest BCUT2D eigenvalue weighted by Crippen LogP contribution is 2.19. The number of benzene rings is 1. The molecule has 0 nitrogen and oxygen atoms in total. The first kappa shape index (κ1) is 9.05. The van der Waals surface area contributed by atoms with Gasteiger partial charge in [-0.2, -0.15) is 0 Å². The van der Waals surface area contributed by atoms with E-state index in [1.165, 1.54) is 12.0 Å². The summed E-state index contributed by atoms with van der Waals surface area (Å²) in [6.45, 7) is 5.99. The summed E-state index contributed by atoms with van der Waals surface area (Å²) in [4.78, 5) is 0. The van der Waals surface area contributed by atoms with Gasteiger partial charge in [-0.1, -0.05) is 43.3 Å². The minimum absolute atomic E-state index is 0.657. The predicted octanol–water partition coefficient (Wildman–Crippen LogP) is 3.76. The van der Waals surface area contributed by atoms with Crippen LogP contribution in [0.5, 0.6) is 0 Å². The number of hydrogen-bond donors (Lipinski definition) is 0. The molecule has 1 aromatic rings. The van der Waals surface area contributed by atoms with E-state index in [0.29, 0.717) is 5.92 Å². The summed E-state index contributed by atoms with van der Waals surface area (Å²) in [7, 11) is 0. The molecule has 0 N–H and O–H groups in total. The van der Waals surface area contributed by atoms with E-state index < -0.39 is 0 Å². The van der Waals surface area contributed by atoms with Crippen molar-refractivity contribution in [2.75, 3.05) is 0 Å². The van der Waals surface area contributed by atoms with Gasteiger partial charge in [0.1, 0.15) is 0 Å². The molecule has 0 fully saturated rings. The maximum Gasteiger partial charge on any atom is -0.0187 e. The van der Waals surface area contributed by atoms with Crippen LogP contribution in [0.2, 0.25) is 0 Å². The van der Waals surface area contributed by atoms with Gasteiger partial charge < -0.3 is 0 Å². The van der Waals surface area contributed by atoms with Crippen molar-refractivity contribution < 1.29 is 0 Å². The van der Waals surface area contributed by atoms with Gasteiger partial charge in [-0.25, -0.2) is 0 Å². The van der Waals surface area contributed by atoms with Crippen molar-refractivity contribution in [2.24, 2.45) is 0 Å². The van der Waals surface area contributed by atoms with E-state index >= 15 is 0 Å². The minimum atomic E-state index is 0.657. The van der Waals surface area contributed by atoms with E-state index in [2.05, 4.69) is 43.8 Å². The summed E-state index contributed by atoms with van der Waals surface area (Å²) in [6, 6.07) is 10.6. The molecule has 1 unspecified atom stereocenters. The molecule has 0 saturated carbocycles. The monoisotopic (exact) mass is 160 g/mol. The molecular formula is C12H16. The molecule has 0 bridgehead atoms. The second-order valence-electron chi connectivity index (χ2n) is 3.18. The van der Waals surface area contributed by atoms with Gasteiger partial charge in [0.05, 0.1) is 0 Å². The van der Waals surface area contributed by atoms with Crippen LogP contribution in [-0.4, -0.2) is 0 Å². The lowest BCUT2D eigenvalue weighted by Gasteiger charge is -2.09. The van der Waals surface area contributed by atoms with E-state index in [-0.39, 0.29) is 0 Å². The third-order valence-corrected chi connectivity index (χ3v) is 2.17. The zero-order valence-electron chi connectivity index (χ0n) is 7.66. The molecule has 0 aliphatic heterocycles. The fourth-order valence-corrected chi connectivity index (χ4v) is 1.32. The van der Waals surface area contributed by atoms with E-state index in [9.17, 15) is 0 Å². The highest BCUT2D eigenvalue weighted by atomic mass is 14.1. The van der Waals surface area contributed by atoms with Gasteiger partial charge in [0, 0.05) is 0 Å². The summed E-state index contributed by atoms with van der Waals surface area (Å²) in [5.74, 6) is 0.657. The number of hydrogen-bond acceptors (Lipinski definition) is 0. The molecule has 0 aromatic heterocycles. The molecule has 0 spiro atoms. The Balaban J connectivity index is 2.53. The summed E-state index contributed by atoms with van der Waals surface area (Å²) in [6.07, 6.45) is 4.29. The Morgan fingerprint density at radius 3 is 2.58 bits per heavy atom. The van der Waals surface area contributed by atoms with Gasteiger partial charge in [-0.15, -0.1) is 6.58 Å². The summed E-state index contributed by atoms with van der Waals surface area (Å²) < 4.78 is 0. The Hall–Kier alpha value is -1.04. The van der Waals surface area contributed by atoms with Crippen LogP contribution < -0.4 is 0 Å². The Bertz CT molecular complexity index is 223. The third kappa shape index (κ3) is 2.54. The second-order valence-corrected chi connectivity index (χ2v) is 3.18. The number of allylic oxidation sites excluding steroid dienone is 1. The molecule has 1 atom stereocenters. The Morgan fingerprint density at radius 2 is 2.00 bits per heavy atom. The van der Waals surface area contributed by atoms with E-state index in [0.717, 1.165) is 6.42 Å². The van der Waals surface area contributed by atoms with Crippen LogP contribution in [0.25, 0.3) is 0 Å². The molecule has 1 rings (SSSR count). The predicted molar refractivity (Wildman–Crippen MR) is 54.3 cm³/mol. The zero-order chi connectivity index (χ0) is 8.81. The van der Waals surface area contributed by atoms with Crippen LogP contribution in [0.15, 0.2) is 43.0 Å². The Kier molecular flexibility index (Phi) is 3.59. The van der Waals surface area contributed by atoms with Crippen LogP contribution in [0, 0.1) is 0 Å². The first-order valence-electron chi connectivity index (χ1n) is 4.50. The fraction of sp³-hybridized carbons (Fsp3) is 0.333. The van der Waals surface area contributed by atoms with Crippen molar-refractivity contribution in [1.82, 2.24) is 0 Å². The summed E-state index contributed by atoms with van der Waals surface area (Å²) in [5, 5.41) is 0. The van der Waals surface area contributed by atoms with Crippen LogP contribution in [-0.2, 0) is 0 Å². The van der Waals surface area contributed by atoms with Crippen LogP contribution >= 0.6 is 0 Å². The molecule has 1 aromatic carbocycles. The molecule has 12 heavy (non-hydrogen) atoms. The topological polar surface area (TPSA) is 0 Å². The van der Waals surface area contributed by atoms with Gasteiger partial charge in [0.15, 0.2) is 0 Å². The van der Waals surface area contributed by atoms with Crippen molar-refractivity contribution in [2.45, 2.75) is 25.7 Å². The highest BCUT2D eigenvalue weighted by Gasteiger charge is 2.01. The van der Waals surface area contributed by atoms with Crippen LogP contribution in [0.4, 0.5) is 0 Å². The lowest BCUT2D eigenvalue weighted by molar-refractivity contribution is 0.691. The van der Waals surface area contributed by atoms with Gasteiger partial charge in [-0.05, 0) is 24.3 Å².